The van der Waals surface area contributed by atoms with Gasteiger partial charge in [-0.3, -0.25) is 9.59 Å². The number of methoxy groups -OCH3 is 3. The first-order chi connectivity index (χ1) is 14.5. The van der Waals surface area contributed by atoms with Crippen LogP contribution >= 0.6 is 0 Å². The van der Waals surface area contributed by atoms with E-state index in [0.29, 0.717) is 35.1 Å². The summed E-state index contributed by atoms with van der Waals surface area (Å²) in [5.41, 5.74) is 2.67. The van der Waals surface area contributed by atoms with Crippen LogP contribution in [0.4, 0.5) is 5.69 Å². The number of carbonyl (C=O) groups is 1. The lowest BCUT2D eigenvalue weighted by molar-refractivity contribution is -0.116. The SMILES string of the molecule is COc1cc(CCC(=O)Nc2cccc(-c3ccc(=O)[nH]n3)c2)cc(OC)c1OC. The molecule has 8 nitrogen and oxygen atoms in total. The van der Waals surface area contributed by atoms with Gasteiger partial charge in [-0.1, -0.05) is 12.1 Å². The first-order valence-electron chi connectivity index (χ1n) is 9.29. The van der Waals surface area contributed by atoms with E-state index < -0.39 is 0 Å². The highest BCUT2D eigenvalue weighted by molar-refractivity contribution is 5.91. The van der Waals surface area contributed by atoms with E-state index in [4.69, 9.17) is 14.2 Å². The maximum absolute atomic E-state index is 12.4. The van der Waals surface area contributed by atoms with Gasteiger partial charge in [0, 0.05) is 23.7 Å². The van der Waals surface area contributed by atoms with Crippen LogP contribution in [0.5, 0.6) is 17.2 Å². The van der Waals surface area contributed by atoms with E-state index in [1.54, 1.807) is 39.5 Å². The van der Waals surface area contributed by atoms with Crippen molar-refractivity contribution < 1.29 is 19.0 Å². The third-order valence-electron chi connectivity index (χ3n) is 4.49. The summed E-state index contributed by atoms with van der Waals surface area (Å²) < 4.78 is 16.0. The zero-order valence-corrected chi connectivity index (χ0v) is 17.0. The van der Waals surface area contributed by atoms with Gasteiger partial charge in [0.05, 0.1) is 27.0 Å². The normalized spacial score (nSPS) is 10.4. The van der Waals surface area contributed by atoms with Crippen molar-refractivity contribution in [2.45, 2.75) is 12.8 Å². The highest BCUT2D eigenvalue weighted by atomic mass is 16.5. The van der Waals surface area contributed by atoms with Gasteiger partial charge in [0.25, 0.3) is 5.56 Å². The Hall–Kier alpha value is -3.81. The van der Waals surface area contributed by atoms with Crippen molar-refractivity contribution >= 4 is 11.6 Å². The number of carbonyl (C=O) groups excluding carboxylic acids is 1. The first-order valence-corrected chi connectivity index (χ1v) is 9.29. The number of hydrogen-bond acceptors (Lipinski definition) is 6. The molecule has 0 radical (unpaired) electrons. The lowest BCUT2D eigenvalue weighted by atomic mass is 10.1. The van der Waals surface area contributed by atoms with Crippen LogP contribution < -0.4 is 25.1 Å². The van der Waals surface area contributed by atoms with Crippen LogP contribution in [-0.2, 0) is 11.2 Å². The number of aromatic amines is 1. The molecule has 156 valence electrons. The van der Waals surface area contributed by atoms with Crippen molar-refractivity contribution in [3.63, 3.8) is 0 Å². The van der Waals surface area contributed by atoms with Crippen LogP contribution in [0.1, 0.15) is 12.0 Å². The minimum atomic E-state index is -0.269. The fraction of sp³-hybridized carbons (Fsp3) is 0.227. The molecule has 1 amide bonds. The van der Waals surface area contributed by atoms with E-state index in [-0.39, 0.29) is 17.9 Å². The molecule has 3 rings (SSSR count). The molecular formula is C22H23N3O5. The Kier molecular flexibility index (Phi) is 6.69. The predicted octanol–water partition coefficient (Wildman–Crippen LogP) is 3.03. The summed E-state index contributed by atoms with van der Waals surface area (Å²) in [5, 5.41) is 9.30. The van der Waals surface area contributed by atoms with E-state index in [9.17, 15) is 9.59 Å². The summed E-state index contributed by atoms with van der Waals surface area (Å²) in [7, 11) is 4.65. The Morgan fingerprint density at radius 3 is 2.33 bits per heavy atom. The molecule has 0 fully saturated rings. The summed E-state index contributed by atoms with van der Waals surface area (Å²) in [6.45, 7) is 0. The molecule has 0 aliphatic rings. The average molecular weight is 409 g/mol. The first kappa shape index (κ1) is 20.9. The van der Waals surface area contributed by atoms with Crippen LogP contribution in [0, 0.1) is 0 Å². The second kappa shape index (κ2) is 9.60. The summed E-state index contributed by atoms with van der Waals surface area (Å²) in [6.07, 6.45) is 0.781. The molecule has 0 aliphatic heterocycles. The Morgan fingerprint density at radius 2 is 1.73 bits per heavy atom. The van der Waals surface area contributed by atoms with Crippen LogP contribution in [-0.4, -0.2) is 37.4 Å². The van der Waals surface area contributed by atoms with Gasteiger partial charge in [-0.25, -0.2) is 5.10 Å². The highest BCUT2D eigenvalue weighted by Crippen LogP contribution is 2.38. The molecule has 0 spiro atoms. The highest BCUT2D eigenvalue weighted by Gasteiger charge is 2.14. The number of anilines is 1. The fourth-order valence-electron chi connectivity index (χ4n) is 3.02. The summed E-state index contributed by atoms with van der Waals surface area (Å²) in [6, 6.07) is 14.0. The predicted molar refractivity (Wildman–Crippen MR) is 113 cm³/mol. The van der Waals surface area contributed by atoms with Gasteiger partial charge in [0.2, 0.25) is 11.7 Å². The minimum Gasteiger partial charge on any atom is -0.493 e. The van der Waals surface area contributed by atoms with Crippen molar-refractivity contribution in [1.82, 2.24) is 10.2 Å². The molecule has 8 heteroatoms. The largest absolute Gasteiger partial charge is 0.493 e. The quantitative estimate of drug-likeness (QED) is 0.593. The molecule has 0 bridgehead atoms. The van der Waals surface area contributed by atoms with Crippen LogP contribution in [0.25, 0.3) is 11.3 Å². The maximum atomic E-state index is 12.4. The van der Waals surface area contributed by atoms with Gasteiger partial charge in [0.15, 0.2) is 11.5 Å². The molecule has 0 atom stereocenters. The smallest absolute Gasteiger partial charge is 0.264 e. The van der Waals surface area contributed by atoms with Crippen LogP contribution in [0.2, 0.25) is 0 Å². The van der Waals surface area contributed by atoms with Crippen LogP contribution in [0.3, 0.4) is 0 Å². The Balaban J connectivity index is 1.67. The van der Waals surface area contributed by atoms with Crippen molar-refractivity contribution in [1.29, 1.82) is 0 Å². The number of nitrogens with one attached hydrogen (secondary N) is 2. The van der Waals surface area contributed by atoms with Gasteiger partial charge in [-0.2, -0.15) is 5.10 Å². The molecular weight excluding hydrogens is 386 g/mol. The minimum absolute atomic E-state index is 0.129. The van der Waals surface area contributed by atoms with E-state index >= 15 is 0 Å². The van der Waals surface area contributed by atoms with Gasteiger partial charge in [0.1, 0.15) is 0 Å². The van der Waals surface area contributed by atoms with E-state index in [1.807, 2.05) is 24.3 Å². The number of aryl methyl sites for hydroxylation is 1. The molecule has 3 aromatic rings. The zero-order valence-electron chi connectivity index (χ0n) is 17.0. The van der Waals surface area contributed by atoms with Gasteiger partial charge in [-0.05, 0) is 42.3 Å². The number of H-pyrrole nitrogens is 1. The average Bonchev–Trinajstić information content (AvgIpc) is 2.77. The lowest BCUT2D eigenvalue weighted by Gasteiger charge is -2.14. The number of ether oxygens (including phenoxy) is 3. The van der Waals surface area contributed by atoms with Gasteiger partial charge in [-0.15, -0.1) is 0 Å². The van der Waals surface area contributed by atoms with Crippen molar-refractivity contribution in [2.24, 2.45) is 0 Å². The van der Waals surface area contributed by atoms with Crippen molar-refractivity contribution in [3.8, 4) is 28.5 Å². The van der Waals surface area contributed by atoms with E-state index in [2.05, 4.69) is 15.5 Å². The molecule has 0 unspecified atom stereocenters. The van der Waals surface area contributed by atoms with Crippen molar-refractivity contribution in [3.05, 3.63) is 64.4 Å². The topological polar surface area (TPSA) is 103 Å². The lowest BCUT2D eigenvalue weighted by Crippen LogP contribution is -2.12. The number of rotatable bonds is 8. The second-order valence-electron chi connectivity index (χ2n) is 6.47. The molecule has 2 N–H and O–H groups in total. The Bertz CT molecular complexity index is 1050. The molecule has 0 aliphatic carbocycles. The molecule has 1 aromatic heterocycles. The fourth-order valence-corrected chi connectivity index (χ4v) is 3.02. The third-order valence-corrected chi connectivity index (χ3v) is 4.49. The number of nitrogens with zero attached hydrogens (tertiary/aromatic N) is 1. The molecule has 1 heterocycles. The maximum Gasteiger partial charge on any atom is 0.264 e. The number of aromatic nitrogens is 2. The van der Waals surface area contributed by atoms with E-state index in [0.717, 1.165) is 11.1 Å². The van der Waals surface area contributed by atoms with Crippen molar-refractivity contribution in [2.75, 3.05) is 26.6 Å². The molecule has 0 saturated heterocycles. The third kappa shape index (κ3) is 4.96. The Labute approximate surface area is 173 Å². The number of benzene rings is 2. The monoisotopic (exact) mass is 409 g/mol. The molecule has 0 saturated carbocycles. The number of amides is 1. The molecule has 2 aromatic carbocycles. The number of hydrogen-bond donors (Lipinski definition) is 2. The second-order valence-corrected chi connectivity index (χ2v) is 6.47. The standard InChI is InChI=1S/C22H23N3O5/c1-28-18-11-14(12-19(29-2)22(18)30-3)7-9-20(26)23-16-6-4-5-15(13-16)17-8-10-21(27)25-24-17/h4-6,8,10-13H,7,9H2,1-3H3,(H,23,26)(H,25,27). The summed E-state index contributed by atoms with van der Waals surface area (Å²) >= 11 is 0. The van der Waals surface area contributed by atoms with Gasteiger partial charge < -0.3 is 19.5 Å². The van der Waals surface area contributed by atoms with Crippen LogP contribution in [0.15, 0.2) is 53.3 Å². The van der Waals surface area contributed by atoms with E-state index in [1.165, 1.54) is 6.07 Å². The summed E-state index contributed by atoms with van der Waals surface area (Å²) in [5.74, 6) is 1.48. The molecule has 30 heavy (non-hydrogen) atoms. The summed E-state index contributed by atoms with van der Waals surface area (Å²) in [4.78, 5) is 23.6. The zero-order chi connectivity index (χ0) is 21.5. The van der Waals surface area contributed by atoms with Gasteiger partial charge >= 0.3 is 0 Å². The Morgan fingerprint density at radius 1 is 1.00 bits per heavy atom.